The second kappa shape index (κ2) is 4.69. The highest BCUT2D eigenvalue weighted by atomic mass is 16.5. The van der Waals surface area contributed by atoms with Crippen molar-refractivity contribution in [3.8, 4) is 5.75 Å². The number of benzene rings is 1. The number of aliphatic hydroxyl groups is 1. The molecular formula is C15H22O2. The first-order valence-corrected chi connectivity index (χ1v) is 6.44. The van der Waals surface area contributed by atoms with Crippen LogP contribution in [0, 0.1) is 11.8 Å². The van der Waals surface area contributed by atoms with Crippen LogP contribution in [0.15, 0.2) is 24.3 Å². The summed E-state index contributed by atoms with van der Waals surface area (Å²) in [6.45, 7) is 4.35. The topological polar surface area (TPSA) is 29.5 Å². The molecule has 2 rings (SSSR count). The van der Waals surface area contributed by atoms with Gasteiger partial charge in [-0.05, 0) is 30.7 Å². The van der Waals surface area contributed by atoms with Crippen molar-refractivity contribution in [2.24, 2.45) is 11.8 Å². The highest BCUT2D eigenvalue weighted by molar-refractivity contribution is 5.38. The third-order valence-corrected chi connectivity index (χ3v) is 4.14. The van der Waals surface area contributed by atoms with Gasteiger partial charge in [-0.1, -0.05) is 38.5 Å². The van der Waals surface area contributed by atoms with Crippen LogP contribution >= 0.6 is 0 Å². The molecule has 2 nitrogen and oxygen atoms in total. The first-order valence-electron chi connectivity index (χ1n) is 6.44. The van der Waals surface area contributed by atoms with Gasteiger partial charge in [-0.2, -0.15) is 0 Å². The zero-order valence-corrected chi connectivity index (χ0v) is 10.9. The Hall–Kier alpha value is -1.02. The number of para-hydroxylation sites is 1. The van der Waals surface area contributed by atoms with Gasteiger partial charge < -0.3 is 9.84 Å². The van der Waals surface area contributed by atoms with Gasteiger partial charge in [-0.15, -0.1) is 0 Å². The zero-order valence-electron chi connectivity index (χ0n) is 10.9. The molecule has 1 aromatic rings. The van der Waals surface area contributed by atoms with E-state index in [1.807, 2.05) is 24.3 Å². The normalized spacial score (nSPS) is 33.4. The lowest BCUT2D eigenvalue weighted by Gasteiger charge is -2.41. The molecule has 1 fully saturated rings. The number of rotatable bonds is 2. The summed E-state index contributed by atoms with van der Waals surface area (Å²) in [4.78, 5) is 0. The standard InChI is InChI=1S/C15H22O2/c1-11-8-9-12(2)15(16,10-11)13-6-4-5-7-14(13)17-3/h4-7,11-12,16H,8-10H2,1-3H3. The van der Waals surface area contributed by atoms with Gasteiger partial charge in [-0.25, -0.2) is 0 Å². The van der Waals surface area contributed by atoms with Crippen molar-refractivity contribution in [3.63, 3.8) is 0 Å². The predicted molar refractivity (Wildman–Crippen MR) is 69.1 cm³/mol. The number of hydrogen-bond acceptors (Lipinski definition) is 2. The molecule has 2 heteroatoms. The van der Waals surface area contributed by atoms with Gasteiger partial charge in [0.2, 0.25) is 0 Å². The average Bonchev–Trinajstić information content (AvgIpc) is 2.34. The van der Waals surface area contributed by atoms with Gasteiger partial charge >= 0.3 is 0 Å². The van der Waals surface area contributed by atoms with Gasteiger partial charge in [0.1, 0.15) is 5.75 Å². The third kappa shape index (κ3) is 2.19. The minimum absolute atomic E-state index is 0.287. The molecule has 1 aliphatic carbocycles. The highest BCUT2D eigenvalue weighted by Crippen LogP contribution is 2.46. The Morgan fingerprint density at radius 2 is 1.94 bits per heavy atom. The van der Waals surface area contributed by atoms with Crippen LogP contribution in [0.2, 0.25) is 0 Å². The second-order valence-corrected chi connectivity index (χ2v) is 5.41. The minimum Gasteiger partial charge on any atom is -0.496 e. The second-order valence-electron chi connectivity index (χ2n) is 5.41. The summed E-state index contributed by atoms with van der Waals surface area (Å²) in [6, 6.07) is 7.84. The quantitative estimate of drug-likeness (QED) is 0.850. The van der Waals surface area contributed by atoms with E-state index < -0.39 is 5.60 Å². The van der Waals surface area contributed by atoms with Crippen LogP contribution < -0.4 is 4.74 Å². The Balaban J connectivity index is 2.41. The van der Waals surface area contributed by atoms with Gasteiger partial charge in [0, 0.05) is 5.56 Å². The molecular weight excluding hydrogens is 212 g/mol. The summed E-state index contributed by atoms with van der Waals surface area (Å²) in [6.07, 6.45) is 3.11. The largest absolute Gasteiger partial charge is 0.496 e. The van der Waals surface area contributed by atoms with Crippen molar-refractivity contribution in [2.45, 2.75) is 38.7 Å². The lowest BCUT2D eigenvalue weighted by atomic mass is 9.68. The van der Waals surface area contributed by atoms with E-state index in [9.17, 15) is 5.11 Å². The Bertz CT molecular complexity index is 388. The maximum atomic E-state index is 11.0. The van der Waals surface area contributed by atoms with Gasteiger partial charge in [0.25, 0.3) is 0 Å². The first kappa shape index (κ1) is 12.4. The Morgan fingerprint density at radius 1 is 1.24 bits per heavy atom. The van der Waals surface area contributed by atoms with Crippen LogP contribution in [0.4, 0.5) is 0 Å². The Kier molecular flexibility index (Phi) is 3.43. The lowest BCUT2D eigenvalue weighted by molar-refractivity contribution is -0.0641. The molecule has 0 aromatic heterocycles. The molecule has 0 bridgehead atoms. The van der Waals surface area contributed by atoms with Gasteiger partial charge in [-0.3, -0.25) is 0 Å². The molecule has 0 aliphatic heterocycles. The van der Waals surface area contributed by atoms with Crippen LogP contribution in [-0.2, 0) is 5.60 Å². The predicted octanol–water partition coefficient (Wildman–Crippen LogP) is 3.34. The van der Waals surface area contributed by atoms with E-state index in [0.717, 1.165) is 24.2 Å². The Morgan fingerprint density at radius 3 is 2.65 bits per heavy atom. The third-order valence-electron chi connectivity index (χ3n) is 4.14. The fraction of sp³-hybridized carbons (Fsp3) is 0.600. The Labute approximate surface area is 104 Å². The molecule has 0 radical (unpaired) electrons. The zero-order chi connectivity index (χ0) is 12.5. The van der Waals surface area contributed by atoms with Crippen molar-refractivity contribution in [1.82, 2.24) is 0 Å². The van der Waals surface area contributed by atoms with Gasteiger partial charge in [0.05, 0.1) is 12.7 Å². The molecule has 17 heavy (non-hydrogen) atoms. The van der Waals surface area contributed by atoms with Gasteiger partial charge in [0.15, 0.2) is 0 Å². The number of hydrogen-bond donors (Lipinski definition) is 1. The summed E-state index contributed by atoms with van der Waals surface area (Å²) >= 11 is 0. The smallest absolute Gasteiger partial charge is 0.124 e. The van der Waals surface area contributed by atoms with Crippen LogP contribution in [0.25, 0.3) is 0 Å². The molecule has 0 saturated heterocycles. The fourth-order valence-electron chi connectivity index (χ4n) is 2.99. The lowest BCUT2D eigenvalue weighted by Crippen LogP contribution is -2.39. The molecule has 3 unspecified atom stereocenters. The molecule has 94 valence electrons. The van der Waals surface area contributed by atoms with E-state index in [2.05, 4.69) is 13.8 Å². The van der Waals surface area contributed by atoms with E-state index >= 15 is 0 Å². The molecule has 1 aliphatic rings. The van der Waals surface area contributed by atoms with E-state index in [1.54, 1.807) is 7.11 Å². The molecule has 1 saturated carbocycles. The van der Waals surface area contributed by atoms with E-state index in [-0.39, 0.29) is 5.92 Å². The van der Waals surface area contributed by atoms with E-state index in [0.29, 0.717) is 5.92 Å². The van der Waals surface area contributed by atoms with Crippen LogP contribution in [-0.4, -0.2) is 12.2 Å². The first-order chi connectivity index (χ1) is 8.08. The van der Waals surface area contributed by atoms with Crippen LogP contribution in [0.1, 0.15) is 38.7 Å². The van der Waals surface area contributed by atoms with Crippen LogP contribution in [0.3, 0.4) is 0 Å². The van der Waals surface area contributed by atoms with Crippen molar-refractivity contribution in [3.05, 3.63) is 29.8 Å². The monoisotopic (exact) mass is 234 g/mol. The molecule has 1 aromatic carbocycles. The maximum Gasteiger partial charge on any atom is 0.124 e. The van der Waals surface area contributed by atoms with Crippen molar-refractivity contribution >= 4 is 0 Å². The molecule has 0 spiro atoms. The van der Waals surface area contributed by atoms with Crippen molar-refractivity contribution in [2.75, 3.05) is 7.11 Å². The van der Waals surface area contributed by atoms with Crippen molar-refractivity contribution < 1.29 is 9.84 Å². The summed E-state index contributed by atoms with van der Waals surface area (Å²) < 4.78 is 5.39. The summed E-state index contributed by atoms with van der Waals surface area (Å²) in [5, 5.41) is 11.0. The SMILES string of the molecule is COc1ccccc1C1(O)CC(C)CCC1C. The van der Waals surface area contributed by atoms with Crippen molar-refractivity contribution in [1.29, 1.82) is 0 Å². The average molecular weight is 234 g/mol. The number of methoxy groups -OCH3 is 1. The minimum atomic E-state index is -0.732. The molecule has 0 amide bonds. The summed E-state index contributed by atoms with van der Waals surface area (Å²) in [5.74, 6) is 1.66. The fourth-order valence-corrected chi connectivity index (χ4v) is 2.99. The highest BCUT2D eigenvalue weighted by Gasteiger charge is 2.41. The number of ether oxygens (including phenoxy) is 1. The molecule has 0 heterocycles. The van der Waals surface area contributed by atoms with Crippen LogP contribution in [0.5, 0.6) is 5.75 Å². The summed E-state index contributed by atoms with van der Waals surface area (Å²) in [7, 11) is 1.67. The van der Waals surface area contributed by atoms with E-state index in [1.165, 1.54) is 6.42 Å². The van der Waals surface area contributed by atoms with E-state index in [4.69, 9.17) is 4.74 Å². The molecule has 3 atom stereocenters. The molecule has 1 N–H and O–H groups in total. The maximum absolute atomic E-state index is 11.0. The summed E-state index contributed by atoms with van der Waals surface area (Å²) in [5.41, 5.74) is 0.214.